The Bertz CT molecular complexity index is 734. The molecule has 0 atom stereocenters. The van der Waals surface area contributed by atoms with E-state index in [4.69, 9.17) is 11.6 Å². The molecule has 0 fully saturated rings. The molecule has 0 unspecified atom stereocenters. The Labute approximate surface area is 128 Å². The van der Waals surface area contributed by atoms with Crippen molar-refractivity contribution in [2.45, 2.75) is 4.90 Å². The molecule has 0 radical (unpaired) electrons. The third-order valence-electron chi connectivity index (χ3n) is 3.03. The van der Waals surface area contributed by atoms with Crippen molar-refractivity contribution in [3.05, 3.63) is 53.6 Å². The van der Waals surface area contributed by atoms with Crippen LogP contribution >= 0.6 is 11.6 Å². The second-order valence-corrected chi connectivity index (χ2v) is 6.73. The predicted molar refractivity (Wildman–Crippen MR) is 83.3 cm³/mol. The van der Waals surface area contributed by atoms with E-state index in [1.165, 1.54) is 31.3 Å². The van der Waals surface area contributed by atoms with Gasteiger partial charge < -0.3 is 10.0 Å². The van der Waals surface area contributed by atoms with Crippen molar-refractivity contribution < 1.29 is 18.5 Å². The van der Waals surface area contributed by atoms with Gasteiger partial charge in [-0.3, -0.25) is 4.31 Å². The number of hydrogen-bond donors (Lipinski definition) is 2. The lowest BCUT2D eigenvalue weighted by atomic mass is 9.80. The van der Waals surface area contributed by atoms with E-state index in [9.17, 15) is 18.5 Å². The van der Waals surface area contributed by atoms with Crippen LogP contribution in [-0.4, -0.2) is 32.6 Å². The lowest BCUT2D eigenvalue weighted by Gasteiger charge is -2.21. The summed E-state index contributed by atoms with van der Waals surface area (Å²) in [6, 6.07) is 12.0. The summed E-state index contributed by atoms with van der Waals surface area (Å²) in [5, 5.41) is 19.1. The van der Waals surface area contributed by atoms with Gasteiger partial charge in [0.25, 0.3) is 10.0 Å². The summed E-state index contributed by atoms with van der Waals surface area (Å²) in [4.78, 5) is -0.155. The van der Waals surface area contributed by atoms with Crippen molar-refractivity contribution >= 4 is 39.9 Å². The molecule has 0 aliphatic rings. The molecule has 0 aliphatic heterocycles. The van der Waals surface area contributed by atoms with Gasteiger partial charge >= 0.3 is 7.12 Å². The number of hydrogen-bond acceptors (Lipinski definition) is 4. The minimum atomic E-state index is -3.91. The summed E-state index contributed by atoms with van der Waals surface area (Å²) in [7, 11) is -4.39. The van der Waals surface area contributed by atoms with E-state index in [0.717, 1.165) is 4.31 Å². The van der Waals surface area contributed by atoms with Gasteiger partial charge in [-0.15, -0.1) is 0 Å². The molecule has 0 saturated heterocycles. The molecular weight excluding hydrogens is 312 g/mol. The molecule has 0 spiro atoms. The summed E-state index contributed by atoms with van der Waals surface area (Å²) < 4.78 is 26.3. The molecule has 0 aromatic heterocycles. The first-order chi connectivity index (χ1) is 9.84. The molecular formula is C13H13BClNO4S. The van der Waals surface area contributed by atoms with E-state index in [1.807, 2.05) is 0 Å². The number of halogens is 1. The summed E-state index contributed by atoms with van der Waals surface area (Å²) in [6.45, 7) is 0. The lowest BCUT2D eigenvalue weighted by Crippen LogP contribution is -2.38. The standard InChI is InChI=1S/C13H13BClNO4S/c1-16(11-8-6-10(15)7-9-11)21(19,20)13-5-3-2-4-12(13)14(17)18/h2-9,17-18H,1H3. The third-order valence-corrected chi connectivity index (χ3v) is 5.14. The van der Waals surface area contributed by atoms with Crippen LogP contribution in [-0.2, 0) is 10.0 Å². The fourth-order valence-electron chi connectivity index (χ4n) is 1.87. The number of benzene rings is 2. The van der Waals surface area contributed by atoms with Crippen molar-refractivity contribution in [2.75, 3.05) is 11.4 Å². The van der Waals surface area contributed by atoms with Crippen molar-refractivity contribution in [2.24, 2.45) is 0 Å². The Kier molecular flexibility index (Phi) is 4.58. The van der Waals surface area contributed by atoms with Crippen molar-refractivity contribution in [1.82, 2.24) is 0 Å². The van der Waals surface area contributed by atoms with Gasteiger partial charge in [0.05, 0.1) is 10.6 Å². The highest BCUT2D eigenvalue weighted by Gasteiger charge is 2.28. The van der Waals surface area contributed by atoms with Crippen molar-refractivity contribution in [3.8, 4) is 0 Å². The highest BCUT2D eigenvalue weighted by atomic mass is 35.5. The maximum Gasteiger partial charge on any atom is 0.489 e. The number of sulfonamides is 1. The zero-order valence-corrected chi connectivity index (χ0v) is 12.7. The van der Waals surface area contributed by atoms with E-state index >= 15 is 0 Å². The fraction of sp³-hybridized carbons (Fsp3) is 0.0769. The summed E-state index contributed by atoms with van der Waals surface area (Å²) in [5.74, 6) is 0. The minimum Gasteiger partial charge on any atom is -0.423 e. The normalized spacial score (nSPS) is 11.2. The molecule has 21 heavy (non-hydrogen) atoms. The predicted octanol–water partition coefficient (Wildman–Crippen LogP) is 0.845. The molecule has 0 amide bonds. The first-order valence-electron chi connectivity index (χ1n) is 6.03. The quantitative estimate of drug-likeness (QED) is 0.817. The average molecular weight is 326 g/mol. The SMILES string of the molecule is CN(c1ccc(Cl)cc1)S(=O)(=O)c1ccccc1B(O)O. The smallest absolute Gasteiger partial charge is 0.423 e. The Morgan fingerprint density at radius 3 is 2.19 bits per heavy atom. The Hall–Kier alpha value is -1.54. The zero-order chi connectivity index (χ0) is 15.6. The lowest BCUT2D eigenvalue weighted by molar-refractivity contribution is 0.424. The van der Waals surface area contributed by atoms with Gasteiger partial charge in [0.15, 0.2) is 0 Å². The van der Waals surface area contributed by atoms with Gasteiger partial charge in [-0.1, -0.05) is 29.8 Å². The molecule has 0 aliphatic carbocycles. The van der Waals surface area contributed by atoms with Crippen LogP contribution in [0.25, 0.3) is 0 Å². The Morgan fingerprint density at radius 1 is 1.05 bits per heavy atom. The van der Waals surface area contributed by atoms with Crippen LogP contribution in [0.15, 0.2) is 53.4 Å². The van der Waals surface area contributed by atoms with E-state index in [0.29, 0.717) is 10.7 Å². The monoisotopic (exact) mass is 325 g/mol. The van der Waals surface area contributed by atoms with E-state index in [1.54, 1.807) is 24.3 Å². The highest BCUT2D eigenvalue weighted by molar-refractivity contribution is 7.93. The van der Waals surface area contributed by atoms with Gasteiger partial charge in [-0.05, 0) is 30.3 Å². The van der Waals surface area contributed by atoms with E-state index < -0.39 is 17.1 Å². The summed E-state index contributed by atoms with van der Waals surface area (Å²) in [5.41, 5.74) is 0.347. The van der Waals surface area contributed by atoms with Crippen LogP contribution in [0.4, 0.5) is 5.69 Å². The van der Waals surface area contributed by atoms with Gasteiger partial charge in [0, 0.05) is 17.5 Å². The maximum absolute atomic E-state index is 12.6. The van der Waals surface area contributed by atoms with Crippen LogP contribution in [0.3, 0.4) is 0 Å². The van der Waals surface area contributed by atoms with Crippen LogP contribution < -0.4 is 9.77 Å². The molecule has 8 heteroatoms. The minimum absolute atomic E-state index is 0.0710. The molecule has 2 aromatic carbocycles. The molecule has 0 heterocycles. The van der Waals surface area contributed by atoms with Crippen LogP contribution in [0.2, 0.25) is 5.02 Å². The maximum atomic E-state index is 12.6. The first-order valence-corrected chi connectivity index (χ1v) is 7.85. The first kappa shape index (κ1) is 15.8. The summed E-state index contributed by atoms with van der Waals surface area (Å²) in [6.07, 6.45) is 0. The number of rotatable bonds is 4. The second kappa shape index (κ2) is 6.07. The molecule has 5 nitrogen and oxygen atoms in total. The second-order valence-electron chi connectivity index (χ2n) is 4.36. The number of anilines is 1. The van der Waals surface area contributed by atoms with Crippen molar-refractivity contribution in [3.63, 3.8) is 0 Å². The Morgan fingerprint density at radius 2 is 1.62 bits per heavy atom. The zero-order valence-electron chi connectivity index (χ0n) is 11.1. The molecule has 110 valence electrons. The van der Waals surface area contributed by atoms with Crippen LogP contribution in [0.1, 0.15) is 0 Å². The third kappa shape index (κ3) is 3.21. The average Bonchev–Trinajstić information content (AvgIpc) is 2.47. The Balaban J connectivity index is 2.49. The topological polar surface area (TPSA) is 77.8 Å². The molecule has 0 bridgehead atoms. The fourth-order valence-corrected chi connectivity index (χ4v) is 3.41. The van der Waals surface area contributed by atoms with Crippen molar-refractivity contribution in [1.29, 1.82) is 0 Å². The molecule has 2 aromatic rings. The number of nitrogens with zero attached hydrogens (tertiary/aromatic N) is 1. The van der Waals surface area contributed by atoms with Gasteiger partial charge in [0.1, 0.15) is 0 Å². The molecule has 0 saturated carbocycles. The van der Waals surface area contributed by atoms with Crippen LogP contribution in [0.5, 0.6) is 0 Å². The summed E-state index contributed by atoms with van der Waals surface area (Å²) >= 11 is 5.78. The van der Waals surface area contributed by atoms with Gasteiger partial charge in [0.2, 0.25) is 0 Å². The van der Waals surface area contributed by atoms with Gasteiger partial charge in [-0.25, -0.2) is 8.42 Å². The molecule has 2 N–H and O–H groups in total. The van der Waals surface area contributed by atoms with E-state index in [-0.39, 0.29) is 10.4 Å². The van der Waals surface area contributed by atoms with Gasteiger partial charge in [-0.2, -0.15) is 0 Å². The molecule has 2 rings (SSSR count). The highest BCUT2D eigenvalue weighted by Crippen LogP contribution is 2.22. The van der Waals surface area contributed by atoms with Crippen LogP contribution in [0, 0.1) is 0 Å². The van der Waals surface area contributed by atoms with E-state index in [2.05, 4.69) is 0 Å². The largest absolute Gasteiger partial charge is 0.489 e.